The number of hydrogen-bond donors (Lipinski definition) is 18. The molecule has 48 heavy (non-hydrogen) atoms. The van der Waals surface area contributed by atoms with Crippen LogP contribution in [0.5, 0.6) is 0 Å². The molecule has 0 unspecified atom stereocenters. The molecule has 24 nitrogen and oxygen atoms in total. The van der Waals surface area contributed by atoms with Crippen molar-refractivity contribution in [2.45, 2.75) is 97.7 Å². The zero-order valence-corrected chi connectivity index (χ0v) is 24.9. The molecular formula is C24H44O24. The van der Waals surface area contributed by atoms with E-state index in [0.717, 1.165) is 0 Å². The fourth-order valence-corrected chi connectivity index (χ4v) is 4.02. The normalized spacial score (nSPS) is 32.8. The highest BCUT2D eigenvalue weighted by Gasteiger charge is 2.58. The predicted octanol–water partition coefficient (Wildman–Crippen LogP) is -10.2. The number of aliphatic hydroxyl groups excluding tert-OH is 14. The summed E-state index contributed by atoms with van der Waals surface area (Å²) < 4.78 is 15.4. The second-order valence-electron chi connectivity index (χ2n) is 10.5. The molecule has 0 aliphatic carbocycles. The monoisotopic (exact) mass is 716 g/mol. The Hall–Kier alpha value is -2.31. The van der Waals surface area contributed by atoms with Gasteiger partial charge in [-0.25, -0.2) is 4.79 Å². The zero-order valence-electron chi connectivity index (χ0n) is 24.9. The Labute approximate surface area is 269 Å². The van der Waals surface area contributed by atoms with Gasteiger partial charge in [-0.15, -0.1) is 0 Å². The number of rotatable bonds is 15. The van der Waals surface area contributed by atoms with Crippen molar-refractivity contribution in [3.63, 3.8) is 0 Å². The summed E-state index contributed by atoms with van der Waals surface area (Å²) in [4.78, 5) is 30.5. The summed E-state index contributed by atoms with van der Waals surface area (Å²) in [5.41, 5.74) is -2.74. The minimum atomic E-state index is -2.74. The zero-order chi connectivity index (χ0) is 37.7. The van der Waals surface area contributed by atoms with E-state index in [1.165, 1.54) is 0 Å². The lowest BCUT2D eigenvalue weighted by atomic mass is 9.96. The smallest absolute Gasteiger partial charge is 0.336 e. The van der Waals surface area contributed by atoms with Crippen LogP contribution in [-0.2, 0) is 28.6 Å². The fraction of sp³-hybridized carbons (Fsp3) is 0.875. The molecule has 0 saturated carbocycles. The fourth-order valence-electron chi connectivity index (χ4n) is 4.02. The molecule has 13 atom stereocenters. The van der Waals surface area contributed by atoms with Crippen LogP contribution in [0, 0.1) is 0 Å². The Balaban J connectivity index is 0.000000756. The second-order valence-corrected chi connectivity index (χ2v) is 10.5. The van der Waals surface area contributed by atoms with Gasteiger partial charge in [-0.1, -0.05) is 0 Å². The summed E-state index contributed by atoms with van der Waals surface area (Å²) in [6, 6.07) is 0. The van der Waals surface area contributed by atoms with Crippen LogP contribution >= 0.6 is 0 Å². The summed E-state index contributed by atoms with van der Waals surface area (Å²) in [6.45, 7) is -3.77. The highest BCUT2D eigenvalue weighted by Crippen LogP contribution is 2.35. The molecule has 2 aliphatic rings. The Bertz CT molecular complexity index is 952. The van der Waals surface area contributed by atoms with E-state index in [4.69, 9.17) is 75.5 Å². The number of carbonyl (C=O) groups is 3. The SMILES string of the molecule is O=C(O)CC(O)(CC(=O)O)C(=O)O.OC[C@@H](O)[C@@H](O)[C@H](O)[C@H](O)CO.OC[C@H]1O[C@@](CO)(O[C@H]2O[C@H](CO)[C@@H](O)[C@H](O)[C@H]2O)[C@@H](O)[C@@H]1O. The first-order chi connectivity index (χ1) is 22.1. The number of carboxylic acid groups (broad SMARTS) is 3. The lowest BCUT2D eigenvalue weighted by molar-refractivity contribution is -0.383. The van der Waals surface area contributed by atoms with Crippen LogP contribution < -0.4 is 0 Å². The van der Waals surface area contributed by atoms with Gasteiger partial charge in [0, 0.05) is 0 Å². The topological polar surface area (TPSA) is 443 Å². The molecule has 284 valence electrons. The van der Waals surface area contributed by atoms with Crippen LogP contribution in [0.1, 0.15) is 12.8 Å². The van der Waals surface area contributed by atoms with Gasteiger partial charge in [0.15, 0.2) is 11.9 Å². The van der Waals surface area contributed by atoms with Gasteiger partial charge in [0.05, 0.1) is 39.3 Å². The highest BCUT2D eigenvalue weighted by atomic mass is 16.8. The summed E-state index contributed by atoms with van der Waals surface area (Å²) in [7, 11) is 0. The van der Waals surface area contributed by atoms with Crippen LogP contribution in [-0.4, -0.2) is 228 Å². The number of ether oxygens (including phenoxy) is 3. The van der Waals surface area contributed by atoms with Crippen molar-refractivity contribution in [3.8, 4) is 0 Å². The number of carboxylic acids is 3. The summed E-state index contributed by atoms with van der Waals surface area (Å²) in [5, 5.41) is 163. The Morgan fingerprint density at radius 2 is 1.12 bits per heavy atom. The average Bonchev–Trinajstić information content (AvgIpc) is 3.28. The van der Waals surface area contributed by atoms with Crippen molar-refractivity contribution < 1.29 is 121 Å². The minimum absolute atomic E-state index is 0.669. The van der Waals surface area contributed by atoms with Gasteiger partial charge in [0.25, 0.3) is 0 Å². The standard InChI is InChI=1S/C12H22O11.C6H8O7.C6H14O6/c13-1-4-6(16)8(18)9(19)11(21-4)23-12(3-15)10(20)7(17)5(2-14)22-12;7-3(8)1-6(13,5(11)12)2-4(9)10;7-1-3(9)5(11)6(12)4(10)2-8/h4-11,13-20H,1-3H2;13H,1-2H2,(H,7,8)(H,9,10)(H,11,12);3-12H,1-2H2/t4-,5-,6-,7-,8+,9-,10+,11-,12+;;3-,4-,5-,6-/m1.1/s1. The molecule has 2 rings (SSSR count). The van der Waals surface area contributed by atoms with Gasteiger partial charge in [0.2, 0.25) is 5.79 Å². The Morgan fingerprint density at radius 1 is 0.688 bits per heavy atom. The van der Waals surface area contributed by atoms with Gasteiger partial charge in [-0.05, 0) is 0 Å². The van der Waals surface area contributed by atoms with E-state index in [1.54, 1.807) is 0 Å². The summed E-state index contributed by atoms with van der Waals surface area (Å²) in [6.07, 6.45) is -21.3. The Morgan fingerprint density at radius 3 is 1.44 bits per heavy atom. The molecule has 0 aromatic rings. The number of aliphatic hydroxyl groups is 15. The molecule has 0 amide bonds. The molecule has 24 heteroatoms. The molecule has 2 saturated heterocycles. The molecule has 0 aromatic carbocycles. The van der Waals surface area contributed by atoms with Gasteiger partial charge < -0.3 is 106 Å². The van der Waals surface area contributed by atoms with Gasteiger partial charge in [-0.2, -0.15) is 0 Å². The molecule has 0 spiro atoms. The molecule has 2 fully saturated rings. The molecule has 2 aliphatic heterocycles. The molecule has 2 heterocycles. The number of aliphatic carboxylic acids is 3. The quantitative estimate of drug-likeness (QED) is 0.0747. The van der Waals surface area contributed by atoms with E-state index < -0.39 is 149 Å². The third-order valence-corrected chi connectivity index (χ3v) is 6.87. The lowest BCUT2D eigenvalue weighted by Crippen LogP contribution is -2.62. The second kappa shape index (κ2) is 20.4. The molecule has 0 aromatic heterocycles. The summed E-state index contributed by atoms with van der Waals surface area (Å²) >= 11 is 0. The van der Waals surface area contributed by atoms with Crippen molar-refractivity contribution >= 4 is 17.9 Å². The average molecular weight is 717 g/mol. The highest BCUT2D eigenvalue weighted by molar-refractivity contribution is 5.88. The largest absolute Gasteiger partial charge is 0.481 e. The summed E-state index contributed by atoms with van der Waals surface area (Å²) in [5.74, 6) is -7.24. The maximum Gasteiger partial charge on any atom is 0.336 e. The molecule has 0 radical (unpaired) electrons. The first kappa shape index (κ1) is 45.7. The van der Waals surface area contributed by atoms with Crippen molar-refractivity contribution in [3.05, 3.63) is 0 Å². The lowest BCUT2D eigenvalue weighted by Gasteiger charge is -2.43. The van der Waals surface area contributed by atoms with E-state index in [0.29, 0.717) is 0 Å². The van der Waals surface area contributed by atoms with Gasteiger partial charge in [-0.3, -0.25) is 9.59 Å². The van der Waals surface area contributed by atoms with Crippen LogP contribution in [0.2, 0.25) is 0 Å². The van der Waals surface area contributed by atoms with Crippen LogP contribution in [0.3, 0.4) is 0 Å². The van der Waals surface area contributed by atoms with E-state index >= 15 is 0 Å². The van der Waals surface area contributed by atoms with E-state index in [2.05, 4.69) is 0 Å². The van der Waals surface area contributed by atoms with E-state index in [1.807, 2.05) is 0 Å². The third kappa shape index (κ3) is 12.2. The van der Waals surface area contributed by atoms with Crippen molar-refractivity contribution in [1.29, 1.82) is 0 Å². The maximum atomic E-state index is 10.3. The first-order valence-corrected chi connectivity index (χ1v) is 13.7. The van der Waals surface area contributed by atoms with Crippen molar-refractivity contribution in [2.75, 3.05) is 33.0 Å². The maximum absolute atomic E-state index is 10.3. The molecule has 0 bridgehead atoms. The molecule has 18 N–H and O–H groups in total. The number of hydrogen-bond acceptors (Lipinski definition) is 21. The van der Waals surface area contributed by atoms with Gasteiger partial charge in [0.1, 0.15) is 73.8 Å². The molecular weight excluding hydrogens is 672 g/mol. The third-order valence-electron chi connectivity index (χ3n) is 6.87. The van der Waals surface area contributed by atoms with E-state index in [-0.39, 0.29) is 0 Å². The predicted molar refractivity (Wildman–Crippen MR) is 144 cm³/mol. The van der Waals surface area contributed by atoms with Gasteiger partial charge >= 0.3 is 17.9 Å². The van der Waals surface area contributed by atoms with Crippen LogP contribution in [0.25, 0.3) is 0 Å². The van der Waals surface area contributed by atoms with Crippen LogP contribution in [0.4, 0.5) is 0 Å². The first-order valence-electron chi connectivity index (χ1n) is 13.7. The van der Waals surface area contributed by atoms with Crippen molar-refractivity contribution in [2.24, 2.45) is 0 Å². The Kier molecular flexibility index (Phi) is 19.4. The van der Waals surface area contributed by atoms with E-state index in [9.17, 15) is 45.0 Å². The minimum Gasteiger partial charge on any atom is -0.481 e. The van der Waals surface area contributed by atoms with Crippen molar-refractivity contribution in [1.82, 2.24) is 0 Å². The van der Waals surface area contributed by atoms with Crippen LogP contribution in [0.15, 0.2) is 0 Å².